The maximum atomic E-state index is 5.78. The van der Waals surface area contributed by atoms with E-state index in [9.17, 15) is 0 Å². The van der Waals surface area contributed by atoms with Crippen LogP contribution >= 0.6 is 38.5 Å². The number of fused-ring (bicyclic) bond motifs is 3. The zero-order valence-corrected chi connectivity index (χ0v) is 11.4. The Bertz CT molecular complexity index is 657. The molecule has 0 aliphatic heterocycles. The van der Waals surface area contributed by atoms with E-state index in [0.717, 1.165) is 15.6 Å². The number of rotatable bonds is 0. The summed E-state index contributed by atoms with van der Waals surface area (Å²) >= 11 is 5.81. The average molecular weight is 373 g/mol. The lowest BCUT2D eigenvalue weighted by Crippen LogP contribution is -1.74. The van der Waals surface area contributed by atoms with E-state index in [4.69, 9.17) is 4.42 Å². The van der Waals surface area contributed by atoms with Gasteiger partial charge < -0.3 is 4.42 Å². The molecule has 3 rings (SSSR count). The summed E-state index contributed by atoms with van der Waals surface area (Å²) in [5.41, 5.74) is 1.89. The van der Waals surface area contributed by atoms with Crippen LogP contribution in [0.3, 0.4) is 0 Å². The molecule has 0 radical (unpaired) electrons. The molecule has 0 atom stereocenters. The molecule has 0 fully saturated rings. The third kappa shape index (κ3) is 1.49. The van der Waals surface area contributed by atoms with Crippen LogP contribution in [0.4, 0.5) is 0 Å². The van der Waals surface area contributed by atoms with Gasteiger partial charge in [0.15, 0.2) is 0 Å². The number of hydrogen-bond acceptors (Lipinski definition) is 1. The maximum Gasteiger partial charge on any atom is 0.137 e. The van der Waals surface area contributed by atoms with Gasteiger partial charge in [0.2, 0.25) is 0 Å². The van der Waals surface area contributed by atoms with Crippen LogP contribution in [0, 0.1) is 3.57 Å². The molecule has 0 saturated heterocycles. The summed E-state index contributed by atoms with van der Waals surface area (Å²) in [4.78, 5) is 0. The summed E-state index contributed by atoms with van der Waals surface area (Å²) in [6.45, 7) is 0. The quantitative estimate of drug-likeness (QED) is 0.509. The molecular formula is C12H6BrIO. The molecule has 3 aromatic rings. The molecule has 1 nitrogen and oxygen atoms in total. The van der Waals surface area contributed by atoms with Crippen molar-refractivity contribution in [3.63, 3.8) is 0 Å². The molecule has 0 bridgehead atoms. The van der Waals surface area contributed by atoms with E-state index in [-0.39, 0.29) is 0 Å². The lowest BCUT2D eigenvalue weighted by molar-refractivity contribution is 0.668. The number of halogens is 2. The Morgan fingerprint density at radius 1 is 1.07 bits per heavy atom. The van der Waals surface area contributed by atoms with Gasteiger partial charge in [-0.05, 0) is 40.8 Å². The van der Waals surface area contributed by atoms with Gasteiger partial charge in [0.05, 0.1) is 0 Å². The molecular weight excluding hydrogens is 367 g/mol. The summed E-state index contributed by atoms with van der Waals surface area (Å²) in [6, 6.07) is 12.2. The molecule has 2 aromatic carbocycles. The Labute approximate surface area is 109 Å². The van der Waals surface area contributed by atoms with Gasteiger partial charge in [-0.1, -0.05) is 34.1 Å². The fraction of sp³-hybridized carbons (Fsp3) is 0. The summed E-state index contributed by atoms with van der Waals surface area (Å²) in [6.07, 6.45) is 0. The van der Waals surface area contributed by atoms with Crippen molar-refractivity contribution >= 4 is 60.5 Å². The highest BCUT2D eigenvalue weighted by Crippen LogP contribution is 2.34. The van der Waals surface area contributed by atoms with Crippen molar-refractivity contribution in [2.45, 2.75) is 0 Å². The molecule has 0 unspecified atom stereocenters. The van der Waals surface area contributed by atoms with Crippen LogP contribution in [0.2, 0.25) is 0 Å². The Hall–Kier alpha value is -0.550. The number of hydrogen-bond donors (Lipinski definition) is 0. The minimum absolute atomic E-state index is 0.940. The van der Waals surface area contributed by atoms with Crippen molar-refractivity contribution in [1.29, 1.82) is 0 Å². The molecule has 3 heteroatoms. The van der Waals surface area contributed by atoms with Crippen LogP contribution in [0.15, 0.2) is 45.3 Å². The summed E-state index contributed by atoms with van der Waals surface area (Å²) < 4.78 is 8.04. The molecule has 0 amide bonds. The summed E-state index contributed by atoms with van der Waals surface area (Å²) in [5.74, 6) is 0. The Morgan fingerprint density at radius 2 is 1.87 bits per heavy atom. The van der Waals surface area contributed by atoms with Crippen molar-refractivity contribution in [2.24, 2.45) is 0 Å². The first-order valence-electron chi connectivity index (χ1n) is 4.52. The zero-order chi connectivity index (χ0) is 10.4. The summed E-state index contributed by atoms with van der Waals surface area (Å²) in [5, 5.41) is 2.39. The van der Waals surface area contributed by atoms with Gasteiger partial charge in [0.1, 0.15) is 11.2 Å². The Balaban J connectivity index is 2.61. The van der Waals surface area contributed by atoms with Crippen molar-refractivity contribution in [3.8, 4) is 0 Å². The van der Waals surface area contributed by atoms with Crippen LogP contribution in [-0.2, 0) is 0 Å². The van der Waals surface area contributed by atoms with Gasteiger partial charge in [-0.2, -0.15) is 0 Å². The minimum Gasteiger partial charge on any atom is -0.456 e. The normalized spacial score (nSPS) is 11.3. The third-order valence-electron chi connectivity index (χ3n) is 2.40. The van der Waals surface area contributed by atoms with Crippen molar-refractivity contribution in [3.05, 3.63) is 44.4 Å². The third-order valence-corrected chi connectivity index (χ3v) is 3.70. The molecule has 0 saturated carbocycles. The van der Waals surface area contributed by atoms with Crippen LogP contribution in [-0.4, -0.2) is 0 Å². The highest BCUT2D eigenvalue weighted by Gasteiger charge is 2.09. The van der Waals surface area contributed by atoms with Crippen molar-refractivity contribution < 1.29 is 4.42 Å². The topological polar surface area (TPSA) is 13.1 Å². The van der Waals surface area contributed by atoms with E-state index in [1.54, 1.807) is 0 Å². The average Bonchev–Trinajstić information content (AvgIpc) is 2.54. The fourth-order valence-corrected chi connectivity index (χ4v) is 3.53. The molecule has 0 aliphatic rings. The first kappa shape index (κ1) is 9.66. The Kier molecular flexibility index (Phi) is 2.25. The van der Waals surface area contributed by atoms with Gasteiger partial charge in [0.25, 0.3) is 0 Å². The lowest BCUT2D eigenvalue weighted by Gasteiger charge is -1.95. The van der Waals surface area contributed by atoms with Crippen molar-refractivity contribution in [2.75, 3.05) is 0 Å². The second-order valence-corrected chi connectivity index (χ2v) is 5.44. The van der Waals surface area contributed by atoms with Gasteiger partial charge >= 0.3 is 0 Å². The minimum atomic E-state index is 0.940. The van der Waals surface area contributed by atoms with Crippen LogP contribution < -0.4 is 0 Å². The van der Waals surface area contributed by atoms with Gasteiger partial charge in [0, 0.05) is 18.8 Å². The number of furan rings is 1. The number of para-hydroxylation sites is 1. The van der Waals surface area contributed by atoms with Crippen LogP contribution in [0.5, 0.6) is 0 Å². The van der Waals surface area contributed by atoms with E-state index in [1.165, 1.54) is 14.3 Å². The largest absolute Gasteiger partial charge is 0.456 e. The predicted molar refractivity (Wildman–Crippen MR) is 74.1 cm³/mol. The molecule has 0 aliphatic carbocycles. The highest BCUT2D eigenvalue weighted by atomic mass is 127. The van der Waals surface area contributed by atoms with Gasteiger partial charge in [-0.15, -0.1) is 0 Å². The predicted octanol–water partition coefficient (Wildman–Crippen LogP) is 4.95. The smallest absolute Gasteiger partial charge is 0.137 e. The van der Waals surface area contributed by atoms with Crippen LogP contribution in [0.1, 0.15) is 0 Å². The number of benzene rings is 2. The molecule has 15 heavy (non-hydrogen) atoms. The van der Waals surface area contributed by atoms with Gasteiger partial charge in [-0.3, -0.25) is 0 Å². The zero-order valence-electron chi connectivity index (χ0n) is 7.63. The van der Waals surface area contributed by atoms with E-state index in [0.29, 0.717) is 0 Å². The Morgan fingerprint density at radius 3 is 2.73 bits per heavy atom. The highest BCUT2D eigenvalue weighted by molar-refractivity contribution is 14.1. The van der Waals surface area contributed by atoms with E-state index in [2.05, 4.69) is 50.7 Å². The standard InChI is InChI=1S/C12H6BrIO/c13-7-5-9(14)12-8-3-1-2-4-10(8)15-11(12)6-7/h1-6H. The molecule has 1 aromatic heterocycles. The van der Waals surface area contributed by atoms with Crippen LogP contribution in [0.25, 0.3) is 21.9 Å². The lowest BCUT2D eigenvalue weighted by atomic mass is 10.2. The van der Waals surface area contributed by atoms with Crippen molar-refractivity contribution in [1.82, 2.24) is 0 Å². The SMILES string of the molecule is Brc1cc(I)c2c(c1)oc1ccccc12. The maximum absolute atomic E-state index is 5.78. The van der Waals surface area contributed by atoms with E-state index >= 15 is 0 Å². The molecule has 1 heterocycles. The fourth-order valence-electron chi connectivity index (χ4n) is 1.77. The second kappa shape index (κ2) is 3.49. The molecule has 0 spiro atoms. The van der Waals surface area contributed by atoms with E-state index < -0.39 is 0 Å². The monoisotopic (exact) mass is 372 g/mol. The van der Waals surface area contributed by atoms with E-state index in [1.807, 2.05) is 24.3 Å². The molecule has 0 N–H and O–H groups in total. The molecule has 74 valence electrons. The first-order chi connectivity index (χ1) is 7.25. The summed E-state index contributed by atoms with van der Waals surface area (Å²) in [7, 11) is 0. The van der Waals surface area contributed by atoms with Gasteiger partial charge in [-0.25, -0.2) is 0 Å². The first-order valence-corrected chi connectivity index (χ1v) is 6.39. The second-order valence-electron chi connectivity index (χ2n) is 3.36.